The van der Waals surface area contributed by atoms with Crippen molar-refractivity contribution in [2.45, 2.75) is 26.3 Å². The number of benzene rings is 1. The van der Waals surface area contributed by atoms with Crippen molar-refractivity contribution < 1.29 is 23.9 Å². The van der Waals surface area contributed by atoms with Crippen LogP contribution in [0.4, 0.5) is 0 Å². The van der Waals surface area contributed by atoms with E-state index in [9.17, 15) is 14.4 Å². The molecule has 0 unspecified atom stereocenters. The second-order valence-electron chi connectivity index (χ2n) is 7.53. The predicted molar refractivity (Wildman–Crippen MR) is 112 cm³/mol. The van der Waals surface area contributed by atoms with Crippen LogP contribution in [-0.2, 0) is 25.7 Å². The maximum atomic E-state index is 12.7. The monoisotopic (exact) mass is 415 g/mol. The fourth-order valence-electron chi connectivity index (χ4n) is 3.73. The lowest BCUT2D eigenvalue weighted by atomic mass is 9.97. The summed E-state index contributed by atoms with van der Waals surface area (Å²) in [6.45, 7) is 3.36. The normalized spacial score (nSPS) is 14.6. The third kappa shape index (κ3) is 4.93. The van der Waals surface area contributed by atoms with E-state index >= 15 is 0 Å². The maximum absolute atomic E-state index is 12.7. The SMILES string of the molecule is CCOC(=O)C1CCN(C(=O)CN(C)C(=O)Cn2ccc3cc(OC)ccc32)CC1. The van der Waals surface area contributed by atoms with Crippen molar-refractivity contribution in [2.24, 2.45) is 5.92 Å². The number of nitrogens with zero attached hydrogens (tertiary/aromatic N) is 3. The molecule has 3 rings (SSSR count). The Kier molecular flexibility index (Phi) is 6.97. The van der Waals surface area contributed by atoms with Crippen LogP contribution in [-0.4, -0.2) is 72.5 Å². The predicted octanol–water partition coefficient (Wildman–Crippen LogP) is 1.91. The summed E-state index contributed by atoms with van der Waals surface area (Å²) in [5, 5.41) is 0.991. The minimum atomic E-state index is -0.187. The van der Waals surface area contributed by atoms with Gasteiger partial charge in [-0.3, -0.25) is 14.4 Å². The van der Waals surface area contributed by atoms with Crippen LogP contribution < -0.4 is 4.74 Å². The zero-order valence-electron chi connectivity index (χ0n) is 17.8. The van der Waals surface area contributed by atoms with Crippen molar-refractivity contribution in [2.75, 3.05) is 40.4 Å². The standard InChI is InChI=1S/C22H29N3O5/c1-4-30-22(28)16-7-10-24(11-8-16)21(27)14-23(2)20(26)15-25-12-9-17-13-18(29-3)5-6-19(17)25/h5-6,9,12-13,16H,4,7-8,10-11,14-15H2,1-3H3. The zero-order chi connectivity index (χ0) is 21.7. The molecule has 8 nitrogen and oxygen atoms in total. The summed E-state index contributed by atoms with van der Waals surface area (Å²) in [7, 11) is 3.26. The number of ether oxygens (including phenoxy) is 2. The Bertz CT molecular complexity index is 915. The fourth-order valence-corrected chi connectivity index (χ4v) is 3.73. The van der Waals surface area contributed by atoms with Crippen molar-refractivity contribution in [3.05, 3.63) is 30.5 Å². The largest absolute Gasteiger partial charge is 0.497 e. The third-order valence-electron chi connectivity index (χ3n) is 5.55. The van der Waals surface area contributed by atoms with Gasteiger partial charge in [0.2, 0.25) is 11.8 Å². The number of piperidine rings is 1. The molecule has 1 saturated heterocycles. The average molecular weight is 415 g/mol. The highest BCUT2D eigenvalue weighted by Gasteiger charge is 2.29. The Labute approximate surface area is 176 Å². The van der Waals surface area contributed by atoms with Gasteiger partial charge < -0.3 is 23.8 Å². The smallest absolute Gasteiger partial charge is 0.309 e. The summed E-state index contributed by atoms with van der Waals surface area (Å²) in [4.78, 5) is 40.3. The number of rotatable bonds is 7. The molecule has 0 bridgehead atoms. The minimum Gasteiger partial charge on any atom is -0.497 e. The Morgan fingerprint density at radius 1 is 1.17 bits per heavy atom. The van der Waals surface area contributed by atoms with Gasteiger partial charge >= 0.3 is 5.97 Å². The number of amides is 2. The number of hydrogen-bond donors (Lipinski definition) is 0. The first-order valence-electron chi connectivity index (χ1n) is 10.2. The van der Waals surface area contributed by atoms with Gasteiger partial charge in [0.1, 0.15) is 12.3 Å². The first-order valence-corrected chi connectivity index (χ1v) is 10.2. The van der Waals surface area contributed by atoms with Gasteiger partial charge in [-0.05, 0) is 44.0 Å². The molecule has 30 heavy (non-hydrogen) atoms. The van der Waals surface area contributed by atoms with E-state index in [0.717, 1.165) is 16.7 Å². The Morgan fingerprint density at radius 3 is 2.57 bits per heavy atom. The number of esters is 1. The van der Waals surface area contributed by atoms with E-state index in [0.29, 0.717) is 32.5 Å². The summed E-state index contributed by atoms with van der Waals surface area (Å²) in [6.07, 6.45) is 3.06. The molecular weight excluding hydrogens is 386 g/mol. The summed E-state index contributed by atoms with van der Waals surface area (Å²) in [5.41, 5.74) is 0.935. The fraction of sp³-hybridized carbons (Fsp3) is 0.500. The van der Waals surface area contributed by atoms with Crippen molar-refractivity contribution in [3.8, 4) is 5.75 Å². The van der Waals surface area contributed by atoms with Gasteiger partial charge in [-0.15, -0.1) is 0 Å². The van der Waals surface area contributed by atoms with Crippen LogP contribution in [0.15, 0.2) is 30.5 Å². The van der Waals surface area contributed by atoms with Gasteiger partial charge in [0.25, 0.3) is 0 Å². The first-order chi connectivity index (χ1) is 14.4. The number of methoxy groups -OCH3 is 1. The second-order valence-corrected chi connectivity index (χ2v) is 7.53. The molecule has 0 radical (unpaired) electrons. The number of aromatic nitrogens is 1. The number of hydrogen-bond acceptors (Lipinski definition) is 5. The molecule has 2 aromatic rings. The van der Waals surface area contributed by atoms with Crippen LogP contribution in [0, 0.1) is 5.92 Å². The molecule has 1 aromatic heterocycles. The van der Waals surface area contributed by atoms with E-state index in [1.54, 1.807) is 26.0 Å². The Balaban J connectivity index is 1.52. The molecule has 0 aliphatic carbocycles. The van der Waals surface area contributed by atoms with Crippen LogP contribution in [0.2, 0.25) is 0 Å². The van der Waals surface area contributed by atoms with Gasteiger partial charge in [-0.2, -0.15) is 0 Å². The molecule has 0 saturated carbocycles. The van der Waals surface area contributed by atoms with Gasteiger partial charge in [-0.1, -0.05) is 0 Å². The molecule has 1 aliphatic rings. The molecular formula is C22H29N3O5. The molecule has 0 N–H and O–H groups in total. The van der Waals surface area contributed by atoms with E-state index < -0.39 is 0 Å². The lowest BCUT2D eigenvalue weighted by molar-refractivity contribution is -0.151. The van der Waals surface area contributed by atoms with E-state index in [-0.39, 0.29) is 36.8 Å². The highest BCUT2D eigenvalue weighted by atomic mass is 16.5. The Morgan fingerprint density at radius 2 is 1.90 bits per heavy atom. The summed E-state index contributed by atoms with van der Waals surface area (Å²) in [5.74, 6) is 0.192. The molecule has 2 heterocycles. The van der Waals surface area contributed by atoms with Gasteiger partial charge in [-0.25, -0.2) is 0 Å². The van der Waals surface area contributed by atoms with Crippen LogP contribution >= 0.6 is 0 Å². The van der Waals surface area contributed by atoms with Crippen molar-refractivity contribution >= 4 is 28.7 Å². The third-order valence-corrected chi connectivity index (χ3v) is 5.55. The quantitative estimate of drug-likeness (QED) is 0.646. The molecule has 162 valence electrons. The number of likely N-dealkylation sites (N-methyl/N-ethyl adjacent to an activating group) is 1. The van der Waals surface area contributed by atoms with Crippen LogP contribution in [0.5, 0.6) is 5.75 Å². The van der Waals surface area contributed by atoms with Crippen molar-refractivity contribution in [1.82, 2.24) is 14.4 Å². The van der Waals surface area contributed by atoms with Gasteiger partial charge in [0.15, 0.2) is 0 Å². The number of likely N-dealkylation sites (tertiary alicyclic amines) is 1. The van der Waals surface area contributed by atoms with Crippen molar-refractivity contribution in [3.63, 3.8) is 0 Å². The van der Waals surface area contributed by atoms with Crippen LogP contribution in [0.3, 0.4) is 0 Å². The maximum Gasteiger partial charge on any atom is 0.309 e. The van der Waals surface area contributed by atoms with Crippen LogP contribution in [0.1, 0.15) is 19.8 Å². The number of carbonyl (C=O) groups is 3. The molecule has 1 aliphatic heterocycles. The minimum absolute atomic E-state index is 0.0237. The average Bonchev–Trinajstić information content (AvgIpc) is 3.15. The molecule has 1 aromatic carbocycles. The molecule has 0 spiro atoms. The van der Waals surface area contributed by atoms with Crippen LogP contribution in [0.25, 0.3) is 10.9 Å². The van der Waals surface area contributed by atoms with Crippen molar-refractivity contribution in [1.29, 1.82) is 0 Å². The molecule has 8 heteroatoms. The topological polar surface area (TPSA) is 81.1 Å². The van der Waals surface area contributed by atoms with E-state index in [4.69, 9.17) is 9.47 Å². The molecule has 0 atom stereocenters. The summed E-state index contributed by atoms with van der Waals surface area (Å²) >= 11 is 0. The lowest BCUT2D eigenvalue weighted by Crippen LogP contribution is -2.46. The van der Waals surface area contributed by atoms with Gasteiger partial charge in [0, 0.05) is 37.2 Å². The summed E-state index contributed by atoms with van der Waals surface area (Å²) < 4.78 is 12.2. The molecule has 2 amide bonds. The second kappa shape index (κ2) is 9.65. The van der Waals surface area contributed by atoms with E-state index in [1.165, 1.54) is 4.90 Å². The number of carbonyl (C=O) groups excluding carboxylic acids is 3. The molecule has 1 fully saturated rings. The van der Waals surface area contributed by atoms with E-state index in [2.05, 4.69) is 0 Å². The Hall–Kier alpha value is -3.03. The number of fused-ring (bicyclic) bond motifs is 1. The lowest BCUT2D eigenvalue weighted by Gasteiger charge is -2.32. The summed E-state index contributed by atoms with van der Waals surface area (Å²) in [6, 6.07) is 7.63. The van der Waals surface area contributed by atoms with E-state index in [1.807, 2.05) is 35.0 Å². The highest BCUT2D eigenvalue weighted by molar-refractivity contribution is 5.87. The first kappa shape index (κ1) is 21.7. The highest BCUT2D eigenvalue weighted by Crippen LogP contribution is 2.22. The van der Waals surface area contributed by atoms with Gasteiger partial charge in [0.05, 0.1) is 26.2 Å². The zero-order valence-corrected chi connectivity index (χ0v) is 17.8.